The second-order valence-corrected chi connectivity index (χ2v) is 9.30. The Morgan fingerprint density at radius 1 is 0.947 bits per heavy atom. The average molecular weight is 520 g/mol. The normalized spacial score (nSPS) is 14.8. The number of fused-ring (bicyclic) bond motifs is 1. The summed E-state index contributed by atoms with van der Waals surface area (Å²) in [4.78, 5) is 32.0. The molecule has 3 heterocycles. The van der Waals surface area contributed by atoms with Crippen LogP contribution in [-0.2, 0) is 4.79 Å². The van der Waals surface area contributed by atoms with Crippen molar-refractivity contribution >= 4 is 17.6 Å². The lowest BCUT2D eigenvalue weighted by Crippen LogP contribution is -2.44. The van der Waals surface area contributed by atoms with Gasteiger partial charge in [-0.05, 0) is 67.4 Å². The smallest absolute Gasteiger partial charge is 0.254 e. The monoisotopic (exact) mass is 519 g/mol. The molecule has 1 fully saturated rings. The molecule has 0 saturated carbocycles. The molecule has 0 spiro atoms. The number of ether oxygens (including phenoxy) is 2. The Bertz CT molecular complexity index is 1290. The zero-order valence-electron chi connectivity index (χ0n) is 21.3. The van der Waals surface area contributed by atoms with Crippen LogP contribution in [0.3, 0.4) is 0 Å². The van der Waals surface area contributed by atoms with Crippen LogP contribution in [0.5, 0.6) is 11.5 Å². The Kier molecular flexibility index (Phi) is 7.67. The van der Waals surface area contributed by atoms with Crippen LogP contribution in [0.1, 0.15) is 30.1 Å². The van der Waals surface area contributed by atoms with Crippen molar-refractivity contribution in [2.45, 2.75) is 19.8 Å². The lowest BCUT2D eigenvalue weighted by molar-refractivity contribution is -0.131. The number of hydrogen-bond acceptors (Lipinski definition) is 7. The highest BCUT2D eigenvalue weighted by atomic mass is 19.1. The molecule has 2 aliphatic rings. The number of hydrogen-bond donors (Lipinski definition) is 0. The second kappa shape index (κ2) is 11.5. The number of rotatable bonds is 7. The van der Waals surface area contributed by atoms with Crippen LogP contribution in [-0.4, -0.2) is 77.9 Å². The molecule has 2 aliphatic heterocycles. The van der Waals surface area contributed by atoms with Gasteiger partial charge in [-0.15, -0.1) is 10.2 Å². The zero-order chi connectivity index (χ0) is 26.5. The predicted octanol–water partition coefficient (Wildman–Crippen LogP) is 3.60. The summed E-state index contributed by atoms with van der Waals surface area (Å²) in [7, 11) is 0. The molecular formula is C28H30FN5O4. The van der Waals surface area contributed by atoms with Crippen molar-refractivity contribution in [3.8, 4) is 22.8 Å². The summed E-state index contributed by atoms with van der Waals surface area (Å²) < 4.78 is 23.9. The van der Waals surface area contributed by atoms with E-state index in [1.54, 1.807) is 35.2 Å². The van der Waals surface area contributed by atoms with Crippen molar-refractivity contribution in [3.63, 3.8) is 0 Å². The van der Waals surface area contributed by atoms with Gasteiger partial charge in [0, 0.05) is 43.9 Å². The van der Waals surface area contributed by atoms with E-state index in [-0.39, 0.29) is 31.0 Å². The van der Waals surface area contributed by atoms with Crippen LogP contribution in [0.25, 0.3) is 11.3 Å². The maximum absolute atomic E-state index is 13.2. The maximum atomic E-state index is 13.2. The first-order valence-corrected chi connectivity index (χ1v) is 12.8. The average Bonchev–Trinajstić information content (AvgIpc) is 3.27. The first kappa shape index (κ1) is 25.4. The number of carbonyl (C=O) groups excluding carboxylic acids is 2. The summed E-state index contributed by atoms with van der Waals surface area (Å²) in [5, 5.41) is 8.69. The summed E-state index contributed by atoms with van der Waals surface area (Å²) in [6, 6.07) is 15.0. The van der Waals surface area contributed by atoms with Crippen LogP contribution in [0.15, 0.2) is 54.6 Å². The standard InChI is InChI=1S/C28H30FN5O4/c1-2-12-34(28(36)21-6-10-24-25(17-21)38-19-37-24)18-27(35)33-14-3-13-32(15-16-33)26-11-9-23(30-31-26)20-4-7-22(29)8-5-20/h4-11,17H,2-3,12-16,18-19H2,1H3. The first-order valence-electron chi connectivity index (χ1n) is 12.8. The SMILES string of the molecule is CCCN(CC(=O)N1CCCN(c2ccc(-c3ccc(F)cc3)nn2)CC1)C(=O)c1ccc2c(c1)OCO2. The second-order valence-electron chi connectivity index (χ2n) is 9.30. The number of anilines is 1. The molecule has 2 amide bonds. The number of halogens is 1. The van der Waals surface area contributed by atoms with E-state index in [9.17, 15) is 14.0 Å². The van der Waals surface area contributed by atoms with E-state index in [0.29, 0.717) is 48.9 Å². The highest BCUT2D eigenvalue weighted by Gasteiger charge is 2.25. The zero-order valence-corrected chi connectivity index (χ0v) is 21.3. The molecule has 38 heavy (non-hydrogen) atoms. The summed E-state index contributed by atoms with van der Waals surface area (Å²) in [5.74, 6) is 1.31. The Morgan fingerprint density at radius 2 is 1.76 bits per heavy atom. The molecule has 198 valence electrons. The molecular weight excluding hydrogens is 489 g/mol. The molecule has 0 radical (unpaired) electrons. The number of benzene rings is 2. The van der Waals surface area contributed by atoms with Crippen molar-refractivity contribution in [3.05, 3.63) is 66.0 Å². The molecule has 0 N–H and O–H groups in total. The van der Waals surface area contributed by atoms with Gasteiger partial charge in [-0.3, -0.25) is 9.59 Å². The highest BCUT2D eigenvalue weighted by molar-refractivity contribution is 5.97. The van der Waals surface area contributed by atoms with Crippen LogP contribution in [0.2, 0.25) is 0 Å². The van der Waals surface area contributed by atoms with E-state index in [0.717, 1.165) is 30.8 Å². The van der Waals surface area contributed by atoms with E-state index in [1.165, 1.54) is 12.1 Å². The molecule has 0 aliphatic carbocycles. The van der Waals surface area contributed by atoms with E-state index in [1.807, 2.05) is 24.0 Å². The third-order valence-electron chi connectivity index (χ3n) is 6.69. The molecule has 1 saturated heterocycles. The van der Waals surface area contributed by atoms with Gasteiger partial charge in [-0.25, -0.2) is 4.39 Å². The molecule has 0 bridgehead atoms. The van der Waals surface area contributed by atoms with Gasteiger partial charge in [0.25, 0.3) is 5.91 Å². The first-order chi connectivity index (χ1) is 18.5. The van der Waals surface area contributed by atoms with Crippen LogP contribution in [0, 0.1) is 5.82 Å². The topological polar surface area (TPSA) is 88.1 Å². The Labute approximate surface area is 220 Å². The Hall–Kier alpha value is -4.21. The molecule has 2 aromatic carbocycles. The Balaban J connectivity index is 1.20. The number of carbonyl (C=O) groups is 2. The highest BCUT2D eigenvalue weighted by Crippen LogP contribution is 2.33. The van der Waals surface area contributed by atoms with Crippen LogP contribution < -0.4 is 14.4 Å². The van der Waals surface area contributed by atoms with Gasteiger partial charge in [0.15, 0.2) is 17.3 Å². The molecule has 0 atom stereocenters. The van der Waals surface area contributed by atoms with E-state index < -0.39 is 0 Å². The quantitative estimate of drug-likeness (QED) is 0.471. The molecule has 3 aromatic rings. The number of amides is 2. The summed E-state index contributed by atoms with van der Waals surface area (Å²) in [6.45, 7) is 5.11. The maximum Gasteiger partial charge on any atom is 0.254 e. The van der Waals surface area contributed by atoms with Gasteiger partial charge < -0.3 is 24.2 Å². The predicted molar refractivity (Wildman–Crippen MR) is 140 cm³/mol. The minimum absolute atomic E-state index is 0.0211. The van der Waals surface area contributed by atoms with Crippen molar-refractivity contribution in [1.29, 1.82) is 0 Å². The molecule has 9 nitrogen and oxygen atoms in total. The van der Waals surface area contributed by atoms with Crippen molar-refractivity contribution in [2.24, 2.45) is 0 Å². The van der Waals surface area contributed by atoms with Gasteiger partial charge in [-0.2, -0.15) is 0 Å². The minimum Gasteiger partial charge on any atom is -0.454 e. The van der Waals surface area contributed by atoms with Crippen molar-refractivity contribution in [1.82, 2.24) is 20.0 Å². The summed E-state index contributed by atoms with van der Waals surface area (Å²) in [5.41, 5.74) is 1.94. The minimum atomic E-state index is -0.294. The summed E-state index contributed by atoms with van der Waals surface area (Å²) in [6.07, 6.45) is 1.51. The van der Waals surface area contributed by atoms with E-state index >= 15 is 0 Å². The number of aromatic nitrogens is 2. The fourth-order valence-corrected chi connectivity index (χ4v) is 4.66. The summed E-state index contributed by atoms with van der Waals surface area (Å²) >= 11 is 0. The number of nitrogens with zero attached hydrogens (tertiary/aromatic N) is 5. The van der Waals surface area contributed by atoms with Gasteiger partial charge in [0.05, 0.1) is 5.69 Å². The van der Waals surface area contributed by atoms with Crippen molar-refractivity contribution in [2.75, 3.05) is 51.0 Å². The van der Waals surface area contributed by atoms with Crippen LogP contribution in [0.4, 0.5) is 10.2 Å². The third-order valence-corrected chi connectivity index (χ3v) is 6.69. The fraction of sp³-hybridized carbons (Fsp3) is 0.357. The van der Waals surface area contributed by atoms with Gasteiger partial charge in [0.1, 0.15) is 12.4 Å². The molecule has 1 aromatic heterocycles. The Morgan fingerprint density at radius 3 is 2.53 bits per heavy atom. The fourth-order valence-electron chi connectivity index (χ4n) is 4.66. The van der Waals surface area contributed by atoms with Gasteiger partial charge in [-0.1, -0.05) is 6.92 Å². The van der Waals surface area contributed by atoms with E-state index in [4.69, 9.17) is 9.47 Å². The van der Waals surface area contributed by atoms with Crippen molar-refractivity contribution < 1.29 is 23.5 Å². The third kappa shape index (κ3) is 5.69. The lowest BCUT2D eigenvalue weighted by Gasteiger charge is -2.27. The molecule has 10 heteroatoms. The van der Waals surface area contributed by atoms with Gasteiger partial charge >= 0.3 is 0 Å². The largest absolute Gasteiger partial charge is 0.454 e. The van der Waals surface area contributed by atoms with Gasteiger partial charge in [0.2, 0.25) is 12.7 Å². The molecule has 5 rings (SSSR count). The van der Waals surface area contributed by atoms with Crippen LogP contribution >= 0.6 is 0 Å². The lowest BCUT2D eigenvalue weighted by atomic mass is 10.1. The van der Waals surface area contributed by atoms with E-state index in [2.05, 4.69) is 15.1 Å². The molecule has 0 unspecified atom stereocenters.